The van der Waals surface area contributed by atoms with Crippen molar-refractivity contribution < 1.29 is 23.5 Å². The maximum absolute atomic E-state index is 15.0. The van der Waals surface area contributed by atoms with E-state index in [1.54, 1.807) is 56.9 Å². The van der Waals surface area contributed by atoms with Crippen LogP contribution >= 0.6 is 11.6 Å². The van der Waals surface area contributed by atoms with Crippen LogP contribution in [0.15, 0.2) is 53.9 Å². The molecular weight excluding hydrogens is 641 g/mol. The molecule has 13 nitrogen and oxygen atoms in total. The summed E-state index contributed by atoms with van der Waals surface area (Å²) in [6.07, 6.45) is 6.31. The number of carbonyl (C=O) groups is 2. The normalized spacial score (nSPS) is 16.9. The Balaban J connectivity index is 1.12. The van der Waals surface area contributed by atoms with Gasteiger partial charge >= 0.3 is 6.03 Å². The molecule has 0 saturated carbocycles. The summed E-state index contributed by atoms with van der Waals surface area (Å²) in [5.41, 5.74) is 9.34. The lowest BCUT2D eigenvalue weighted by Crippen LogP contribution is -2.57. The molecule has 15 heteroatoms. The molecule has 2 aromatic heterocycles. The molecule has 3 amide bonds. The minimum atomic E-state index is -0.671. The highest BCUT2D eigenvalue weighted by atomic mass is 35.5. The van der Waals surface area contributed by atoms with Gasteiger partial charge in [-0.3, -0.25) is 14.2 Å². The molecule has 2 aromatic carbocycles. The predicted octanol–water partition coefficient (Wildman–Crippen LogP) is 3.86. The van der Waals surface area contributed by atoms with E-state index >= 15 is 4.39 Å². The van der Waals surface area contributed by atoms with Crippen LogP contribution in [0.5, 0.6) is 5.75 Å². The number of aliphatic imine (C=N–C) groups is 1. The number of anilines is 2. The van der Waals surface area contributed by atoms with Crippen LogP contribution in [-0.2, 0) is 4.74 Å². The minimum absolute atomic E-state index is 0.0290. The third-order valence-electron chi connectivity index (χ3n) is 8.48. The average Bonchev–Trinajstić information content (AvgIpc) is 3.55. The van der Waals surface area contributed by atoms with Gasteiger partial charge in [0.05, 0.1) is 29.6 Å². The van der Waals surface area contributed by atoms with Gasteiger partial charge in [0.25, 0.3) is 5.91 Å². The number of fused-ring (bicyclic) bond motifs is 1. The fourth-order valence-corrected chi connectivity index (χ4v) is 6.13. The summed E-state index contributed by atoms with van der Waals surface area (Å²) in [4.78, 5) is 44.7. The zero-order chi connectivity index (χ0) is 33.8. The number of benzene rings is 2. The largest absolute Gasteiger partial charge is 0.485 e. The summed E-state index contributed by atoms with van der Waals surface area (Å²) in [5, 5.41) is 3.21. The van der Waals surface area contributed by atoms with E-state index in [-0.39, 0.29) is 35.4 Å². The molecular formula is C33H37ClFN9O4. The SMILES string of the molecule is C/N=C/COc1ccc(-c2cnc3c(Nc4ccc(C(=O)N5CCN(C(=O)N6CCO[C@@H](CN)C6)CC5)c(C)c4)nccn23)c(Cl)c1F. The second-order valence-corrected chi connectivity index (χ2v) is 11.9. The van der Waals surface area contributed by atoms with E-state index in [1.807, 2.05) is 19.1 Å². The Morgan fingerprint density at radius 3 is 2.69 bits per heavy atom. The molecule has 0 unspecified atom stereocenters. The van der Waals surface area contributed by atoms with Crippen molar-refractivity contribution in [3.63, 3.8) is 0 Å². The topological polar surface area (TPSA) is 143 Å². The van der Waals surface area contributed by atoms with E-state index in [0.29, 0.717) is 86.4 Å². The number of aryl methyl sites for hydroxylation is 1. The van der Waals surface area contributed by atoms with Crippen LogP contribution in [0.2, 0.25) is 5.02 Å². The first-order chi connectivity index (χ1) is 23.3. The molecule has 6 rings (SSSR count). The number of morpholine rings is 1. The Kier molecular flexibility index (Phi) is 10.0. The fourth-order valence-electron chi connectivity index (χ4n) is 5.87. The lowest BCUT2D eigenvalue weighted by molar-refractivity contribution is -0.0157. The quantitative estimate of drug-likeness (QED) is 0.268. The third-order valence-corrected chi connectivity index (χ3v) is 8.85. The van der Waals surface area contributed by atoms with Gasteiger partial charge in [-0.25, -0.2) is 19.2 Å². The first-order valence-corrected chi connectivity index (χ1v) is 16.0. The van der Waals surface area contributed by atoms with Gasteiger partial charge in [0, 0.05) is 88.3 Å². The van der Waals surface area contributed by atoms with Gasteiger partial charge in [-0.2, -0.15) is 0 Å². The molecule has 252 valence electrons. The summed E-state index contributed by atoms with van der Waals surface area (Å²) in [7, 11) is 1.61. The summed E-state index contributed by atoms with van der Waals surface area (Å²) >= 11 is 6.43. The molecule has 0 bridgehead atoms. The lowest BCUT2D eigenvalue weighted by atomic mass is 10.1. The monoisotopic (exact) mass is 677 g/mol. The number of aromatic nitrogens is 3. The van der Waals surface area contributed by atoms with E-state index < -0.39 is 5.82 Å². The van der Waals surface area contributed by atoms with Crippen LogP contribution in [0.4, 0.5) is 20.7 Å². The van der Waals surface area contributed by atoms with Crippen LogP contribution in [0.3, 0.4) is 0 Å². The van der Waals surface area contributed by atoms with Gasteiger partial charge in [0.15, 0.2) is 23.0 Å². The Labute approximate surface area is 282 Å². The van der Waals surface area contributed by atoms with Crippen LogP contribution in [0.25, 0.3) is 16.9 Å². The number of rotatable bonds is 8. The van der Waals surface area contributed by atoms with Gasteiger partial charge in [-0.15, -0.1) is 0 Å². The van der Waals surface area contributed by atoms with Gasteiger partial charge < -0.3 is 35.2 Å². The number of imidazole rings is 1. The first kappa shape index (κ1) is 33.1. The van der Waals surface area contributed by atoms with Gasteiger partial charge in [0.2, 0.25) is 0 Å². The maximum atomic E-state index is 15.0. The summed E-state index contributed by atoms with van der Waals surface area (Å²) in [6.45, 7) is 5.67. The fraction of sp³-hybridized carbons (Fsp3) is 0.364. The number of ether oxygens (including phenoxy) is 2. The lowest BCUT2D eigenvalue weighted by Gasteiger charge is -2.40. The molecule has 0 radical (unpaired) electrons. The van der Waals surface area contributed by atoms with E-state index in [1.165, 1.54) is 12.3 Å². The number of nitrogens with zero attached hydrogens (tertiary/aromatic N) is 7. The predicted molar refractivity (Wildman–Crippen MR) is 181 cm³/mol. The Morgan fingerprint density at radius 2 is 1.94 bits per heavy atom. The summed E-state index contributed by atoms with van der Waals surface area (Å²) < 4.78 is 27.8. The van der Waals surface area contributed by atoms with Gasteiger partial charge in [-0.1, -0.05) is 11.6 Å². The van der Waals surface area contributed by atoms with E-state index in [0.717, 1.165) is 5.56 Å². The number of halogens is 2. The van der Waals surface area contributed by atoms with Gasteiger partial charge in [0.1, 0.15) is 6.61 Å². The second kappa shape index (κ2) is 14.5. The molecule has 0 aliphatic carbocycles. The van der Waals surface area contributed by atoms with Crippen molar-refractivity contribution in [1.29, 1.82) is 0 Å². The number of hydrogen-bond acceptors (Lipinski definition) is 9. The number of carbonyl (C=O) groups excluding carboxylic acids is 2. The highest BCUT2D eigenvalue weighted by Crippen LogP contribution is 2.36. The Morgan fingerprint density at radius 1 is 1.15 bits per heavy atom. The van der Waals surface area contributed by atoms with Crippen LogP contribution < -0.4 is 15.8 Å². The summed E-state index contributed by atoms with van der Waals surface area (Å²) in [6, 6.07) is 8.64. The van der Waals surface area contributed by atoms with Crippen molar-refractivity contribution in [3.8, 4) is 17.0 Å². The molecule has 4 aromatic rings. The second-order valence-electron chi connectivity index (χ2n) is 11.5. The van der Waals surface area contributed by atoms with E-state index in [2.05, 4.69) is 20.3 Å². The molecule has 48 heavy (non-hydrogen) atoms. The van der Waals surface area contributed by atoms with E-state index in [9.17, 15) is 9.59 Å². The minimum Gasteiger partial charge on any atom is -0.485 e. The van der Waals surface area contributed by atoms with Crippen LogP contribution in [0.1, 0.15) is 15.9 Å². The van der Waals surface area contributed by atoms with Crippen molar-refractivity contribution in [2.45, 2.75) is 13.0 Å². The zero-order valence-corrected chi connectivity index (χ0v) is 27.5. The van der Waals surface area contributed by atoms with Crippen molar-refractivity contribution >= 4 is 46.9 Å². The molecule has 2 aliphatic heterocycles. The molecule has 2 saturated heterocycles. The standard InChI is InChI=1S/C33H37ClFN9O4/c1-21-17-22(3-4-24(21)32(45)41-10-12-42(13-11-41)33(46)43-14-16-47-23(18-36)20-43)40-30-31-39-19-26(44(31)9-7-38-30)25-5-6-27(29(35)28(25)34)48-15-8-37-2/h3-9,17,19,23H,10-16,18,20,36H2,1-2H3,(H,38,40)/b37-8+/t23-/m0/s1. The molecule has 1 atom stereocenters. The van der Waals surface area contributed by atoms with Crippen LogP contribution in [0, 0.1) is 12.7 Å². The Bertz CT molecular complexity index is 1840. The smallest absolute Gasteiger partial charge is 0.320 e. The van der Waals surface area contributed by atoms with Crippen molar-refractivity contribution in [1.82, 2.24) is 29.1 Å². The number of piperazine rings is 1. The molecule has 3 N–H and O–H groups in total. The number of amides is 3. The number of urea groups is 1. The molecule has 2 fully saturated rings. The maximum Gasteiger partial charge on any atom is 0.320 e. The number of nitrogens with two attached hydrogens (primary N) is 1. The third kappa shape index (κ3) is 6.77. The first-order valence-electron chi connectivity index (χ1n) is 15.6. The van der Waals surface area contributed by atoms with E-state index in [4.69, 9.17) is 26.8 Å². The average molecular weight is 678 g/mol. The van der Waals surface area contributed by atoms with Crippen molar-refractivity contribution in [3.05, 3.63) is 70.9 Å². The van der Waals surface area contributed by atoms with Crippen molar-refractivity contribution in [2.24, 2.45) is 10.7 Å². The highest BCUT2D eigenvalue weighted by molar-refractivity contribution is 6.33. The van der Waals surface area contributed by atoms with Gasteiger partial charge in [-0.05, 0) is 42.8 Å². The number of nitrogens with one attached hydrogen (secondary N) is 1. The highest BCUT2D eigenvalue weighted by Gasteiger charge is 2.31. The number of hydrogen-bond donors (Lipinski definition) is 2. The molecule has 4 heterocycles. The van der Waals surface area contributed by atoms with Crippen LogP contribution in [-0.4, -0.2) is 119 Å². The molecule has 0 spiro atoms. The van der Waals surface area contributed by atoms with Crippen molar-refractivity contribution in [2.75, 3.05) is 71.4 Å². The molecule has 2 aliphatic rings. The zero-order valence-electron chi connectivity index (χ0n) is 26.7. The Hall–Kier alpha value is -4.79. The summed E-state index contributed by atoms with van der Waals surface area (Å²) in [5.74, 6) is -0.258.